The number of carbonyl (C=O) groups excluding carboxylic acids is 1. The molecule has 0 aliphatic carbocycles. The number of rotatable bonds is 5. The fraction of sp³-hybridized carbons (Fsp3) is 0.429. The molecule has 0 aliphatic heterocycles. The fourth-order valence-corrected chi connectivity index (χ4v) is 2.33. The molecule has 1 aromatic rings. The summed E-state index contributed by atoms with van der Waals surface area (Å²) in [4.78, 5) is 23.1. The van der Waals surface area contributed by atoms with E-state index in [1.165, 1.54) is 11.3 Å². The lowest BCUT2D eigenvalue weighted by Gasteiger charge is -2.17. The summed E-state index contributed by atoms with van der Waals surface area (Å²) in [7, 11) is 0. The number of carboxylic acid groups (broad SMARTS) is 1. The minimum atomic E-state index is -0.978. The van der Waals surface area contributed by atoms with E-state index >= 15 is 0 Å². The zero-order chi connectivity index (χ0) is 14.5. The second kappa shape index (κ2) is 6.52. The average molecular weight is 281 g/mol. The average Bonchev–Trinajstić information content (AvgIpc) is 2.68. The van der Waals surface area contributed by atoms with Crippen molar-refractivity contribution in [2.75, 3.05) is 0 Å². The number of thiophene rings is 1. The van der Waals surface area contributed by atoms with Crippen LogP contribution in [0.2, 0.25) is 0 Å². The van der Waals surface area contributed by atoms with Crippen LogP contribution >= 0.6 is 11.3 Å². The first kappa shape index (κ1) is 15.4. The van der Waals surface area contributed by atoms with Crippen molar-refractivity contribution in [2.45, 2.75) is 33.7 Å². The summed E-state index contributed by atoms with van der Waals surface area (Å²) in [6.45, 7) is 6.47. The molecule has 2 N–H and O–H groups in total. The Morgan fingerprint density at radius 2 is 2.11 bits per heavy atom. The van der Waals surface area contributed by atoms with Gasteiger partial charge in [-0.25, -0.2) is 4.79 Å². The van der Waals surface area contributed by atoms with Crippen LogP contribution < -0.4 is 5.32 Å². The van der Waals surface area contributed by atoms with E-state index in [-0.39, 0.29) is 11.3 Å². The lowest BCUT2D eigenvalue weighted by molar-refractivity contribution is -0.131. The summed E-state index contributed by atoms with van der Waals surface area (Å²) in [5, 5.41) is 13.3. The van der Waals surface area contributed by atoms with Gasteiger partial charge in [-0.05, 0) is 28.5 Å². The molecule has 0 bridgehead atoms. The topological polar surface area (TPSA) is 66.4 Å². The Bertz CT molecular complexity index is 483. The van der Waals surface area contributed by atoms with Crippen molar-refractivity contribution in [3.63, 3.8) is 0 Å². The van der Waals surface area contributed by atoms with Gasteiger partial charge in [-0.2, -0.15) is 0 Å². The van der Waals surface area contributed by atoms with Gasteiger partial charge in [0.05, 0.1) is 6.54 Å². The highest BCUT2D eigenvalue weighted by atomic mass is 32.1. The van der Waals surface area contributed by atoms with Crippen LogP contribution in [0.15, 0.2) is 17.5 Å². The first-order valence-electron chi connectivity index (χ1n) is 6.02. The van der Waals surface area contributed by atoms with Crippen LogP contribution in [0.3, 0.4) is 0 Å². The van der Waals surface area contributed by atoms with Crippen LogP contribution in [-0.2, 0) is 16.1 Å². The van der Waals surface area contributed by atoms with E-state index in [4.69, 9.17) is 5.11 Å². The molecule has 1 rings (SSSR count). The molecule has 0 fully saturated rings. The van der Waals surface area contributed by atoms with Crippen LogP contribution in [-0.4, -0.2) is 17.0 Å². The van der Waals surface area contributed by atoms with Crippen LogP contribution in [0.5, 0.6) is 0 Å². The Hall–Kier alpha value is -1.62. The first-order valence-corrected chi connectivity index (χ1v) is 6.90. The van der Waals surface area contributed by atoms with Gasteiger partial charge in [-0.3, -0.25) is 4.79 Å². The van der Waals surface area contributed by atoms with Crippen LogP contribution in [0.4, 0.5) is 0 Å². The van der Waals surface area contributed by atoms with Crippen molar-refractivity contribution in [1.29, 1.82) is 0 Å². The van der Waals surface area contributed by atoms with Gasteiger partial charge in [-0.1, -0.05) is 20.8 Å². The summed E-state index contributed by atoms with van der Waals surface area (Å²) in [6, 6.07) is 1.84. The quantitative estimate of drug-likeness (QED) is 0.816. The molecule has 0 aliphatic rings. The van der Waals surface area contributed by atoms with Gasteiger partial charge in [-0.15, -0.1) is 11.3 Å². The van der Waals surface area contributed by atoms with E-state index in [9.17, 15) is 9.59 Å². The number of nitrogens with one attached hydrogen (secondary N) is 1. The Balaban J connectivity index is 2.57. The van der Waals surface area contributed by atoms with Gasteiger partial charge in [0.25, 0.3) is 0 Å². The normalized spacial score (nSPS) is 11.7. The molecule has 4 nitrogen and oxygen atoms in total. The SMILES string of the molecule is CC(C)(C)CC(=O)NCc1sccc1C=CC(=O)O. The molecule has 5 heteroatoms. The fourth-order valence-electron chi connectivity index (χ4n) is 1.53. The van der Waals surface area contributed by atoms with Gasteiger partial charge < -0.3 is 10.4 Å². The van der Waals surface area contributed by atoms with Gasteiger partial charge in [0.2, 0.25) is 5.91 Å². The molecule has 1 aromatic heterocycles. The maximum atomic E-state index is 11.7. The Labute approximate surface area is 117 Å². The van der Waals surface area contributed by atoms with E-state index in [0.717, 1.165) is 16.5 Å². The van der Waals surface area contributed by atoms with Crippen molar-refractivity contribution in [3.8, 4) is 0 Å². The molecule has 0 spiro atoms. The summed E-state index contributed by atoms with van der Waals surface area (Å²) in [6.07, 6.45) is 3.12. The minimum Gasteiger partial charge on any atom is -0.478 e. The van der Waals surface area contributed by atoms with E-state index in [2.05, 4.69) is 5.32 Å². The van der Waals surface area contributed by atoms with Gasteiger partial charge in [0, 0.05) is 17.4 Å². The molecule has 0 aromatic carbocycles. The van der Waals surface area contributed by atoms with Crippen molar-refractivity contribution in [3.05, 3.63) is 28.0 Å². The second-order valence-electron chi connectivity index (χ2n) is 5.48. The summed E-state index contributed by atoms with van der Waals surface area (Å²) >= 11 is 1.50. The predicted octanol–water partition coefficient (Wildman–Crippen LogP) is 2.90. The maximum Gasteiger partial charge on any atom is 0.328 e. The molecular formula is C14H19NO3S. The number of hydrogen-bond donors (Lipinski definition) is 2. The number of hydrogen-bond acceptors (Lipinski definition) is 3. The molecule has 0 atom stereocenters. The van der Waals surface area contributed by atoms with E-state index in [1.807, 2.05) is 32.2 Å². The van der Waals surface area contributed by atoms with E-state index in [1.54, 1.807) is 6.08 Å². The number of carbonyl (C=O) groups is 2. The zero-order valence-corrected chi connectivity index (χ0v) is 12.2. The van der Waals surface area contributed by atoms with Gasteiger partial charge in [0.15, 0.2) is 0 Å². The van der Waals surface area contributed by atoms with Crippen LogP contribution in [0.1, 0.15) is 37.6 Å². The van der Waals surface area contributed by atoms with Crippen molar-refractivity contribution in [1.82, 2.24) is 5.32 Å². The minimum absolute atomic E-state index is 0.00839. The van der Waals surface area contributed by atoms with Crippen molar-refractivity contribution < 1.29 is 14.7 Å². The highest BCUT2D eigenvalue weighted by Gasteiger charge is 2.15. The Morgan fingerprint density at radius 3 is 2.68 bits per heavy atom. The highest BCUT2D eigenvalue weighted by molar-refractivity contribution is 7.10. The lowest BCUT2D eigenvalue weighted by Crippen LogP contribution is -2.26. The summed E-state index contributed by atoms with van der Waals surface area (Å²) in [5.41, 5.74) is 0.800. The third-order valence-corrected chi connectivity index (χ3v) is 3.26. The largest absolute Gasteiger partial charge is 0.478 e. The standard InChI is InChI=1S/C14H19NO3S/c1-14(2,3)8-12(16)15-9-11-10(6-7-19-11)4-5-13(17)18/h4-7H,8-9H2,1-3H3,(H,15,16)(H,17,18). The number of carboxylic acids is 1. The maximum absolute atomic E-state index is 11.7. The molecule has 0 radical (unpaired) electrons. The summed E-state index contributed by atoms with van der Waals surface area (Å²) < 4.78 is 0. The van der Waals surface area contributed by atoms with Crippen LogP contribution in [0.25, 0.3) is 6.08 Å². The monoisotopic (exact) mass is 281 g/mol. The van der Waals surface area contributed by atoms with Gasteiger partial charge >= 0.3 is 5.97 Å². The van der Waals surface area contributed by atoms with Crippen molar-refractivity contribution in [2.24, 2.45) is 5.41 Å². The van der Waals surface area contributed by atoms with E-state index in [0.29, 0.717) is 13.0 Å². The molecular weight excluding hydrogens is 262 g/mol. The Kier molecular flexibility index (Phi) is 5.30. The zero-order valence-electron chi connectivity index (χ0n) is 11.4. The predicted molar refractivity (Wildman–Crippen MR) is 76.9 cm³/mol. The first-order chi connectivity index (χ1) is 8.78. The summed E-state index contributed by atoms with van der Waals surface area (Å²) in [5.74, 6) is -0.969. The molecule has 1 amide bonds. The van der Waals surface area contributed by atoms with Crippen LogP contribution in [0, 0.1) is 5.41 Å². The molecule has 19 heavy (non-hydrogen) atoms. The Morgan fingerprint density at radius 1 is 1.42 bits per heavy atom. The van der Waals surface area contributed by atoms with Gasteiger partial charge in [0.1, 0.15) is 0 Å². The molecule has 104 valence electrons. The lowest BCUT2D eigenvalue weighted by atomic mass is 9.92. The third-order valence-electron chi connectivity index (χ3n) is 2.32. The number of aliphatic carboxylic acids is 1. The molecule has 0 unspecified atom stereocenters. The molecule has 0 saturated carbocycles. The highest BCUT2D eigenvalue weighted by Crippen LogP contribution is 2.20. The smallest absolute Gasteiger partial charge is 0.328 e. The van der Waals surface area contributed by atoms with Crippen molar-refractivity contribution >= 4 is 29.3 Å². The molecule has 1 heterocycles. The second-order valence-corrected chi connectivity index (χ2v) is 6.49. The molecule has 0 saturated heterocycles. The number of amides is 1. The van der Waals surface area contributed by atoms with E-state index < -0.39 is 5.97 Å². The third kappa shape index (κ3) is 6.20.